The third kappa shape index (κ3) is 3.81. The second-order valence-corrected chi connectivity index (χ2v) is 6.42. The molecule has 0 radical (unpaired) electrons. The van der Waals surface area contributed by atoms with Gasteiger partial charge >= 0.3 is 5.88 Å². The van der Waals surface area contributed by atoms with Gasteiger partial charge in [0, 0.05) is 0 Å². The molecule has 0 bridgehead atoms. The third-order valence-electron chi connectivity index (χ3n) is 3.98. The Kier molecular flexibility index (Phi) is 5.24. The molecule has 1 saturated heterocycles. The summed E-state index contributed by atoms with van der Waals surface area (Å²) in [6.07, 6.45) is 0. The number of nitrogens with one attached hydrogen (secondary N) is 2. The van der Waals surface area contributed by atoms with E-state index < -0.39 is 16.7 Å². The Hall–Kier alpha value is -2.23. The fraction of sp³-hybridized carbons (Fsp3) is 0.400. The molecule has 0 unspecified atom stereocenters. The van der Waals surface area contributed by atoms with Crippen LogP contribution in [0.2, 0.25) is 0 Å². The zero-order valence-corrected chi connectivity index (χ0v) is 13.7. The monoisotopic (exact) mass is 352 g/mol. The largest absolute Gasteiger partial charge is 0.433 e. The van der Waals surface area contributed by atoms with Crippen molar-refractivity contribution in [3.05, 3.63) is 50.4 Å². The molecule has 3 rings (SSSR count). The number of carbonyl (C=O) groups is 1. The van der Waals surface area contributed by atoms with Crippen LogP contribution in [0.1, 0.15) is 21.5 Å². The first-order chi connectivity index (χ1) is 11.6. The molecule has 0 saturated carbocycles. The fourth-order valence-electron chi connectivity index (χ4n) is 2.75. The van der Waals surface area contributed by atoms with Crippen molar-refractivity contribution in [1.82, 2.24) is 5.32 Å². The van der Waals surface area contributed by atoms with Crippen LogP contribution >= 0.6 is 11.3 Å². The molecule has 1 atom stereocenters. The van der Waals surface area contributed by atoms with Gasteiger partial charge in [-0.1, -0.05) is 6.07 Å². The quantitative estimate of drug-likeness (QED) is 0.587. The average Bonchev–Trinajstić information content (AvgIpc) is 3.28. The number of morpholine rings is 1. The number of hydrogen-bond donors (Lipinski definition) is 2. The van der Waals surface area contributed by atoms with E-state index in [1.54, 1.807) is 11.3 Å². The van der Waals surface area contributed by atoms with Gasteiger partial charge in [0.05, 0.1) is 30.7 Å². The first-order valence-corrected chi connectivity index (χ1v) is 8.51. The second kappa shape index (κ2) is 7.56. The summed E-state index contributed by atoms with van der Waals surface area (Å²) in [5.41, 5.74) is 0. The highest BCUT2D eigenvalue weighted by molar-refractivity contribution is 7.10. The molecule has 1 aliphatic heterocycles. The van der Waals surface area contributed by atoms with Gasteiger partial charge in [-0.25, -0.2) is 0 Å². The van der Waals surface area contributed by atoms with Crippen LogP contribution < -0.4 is 10.2 Å². The number of rotatable bonds is 6. The normalized spacial score (nSPS) is 16.7. The summed E-state index contributed by atoms with van der Waals surface area (Å²) in [6.45, 7) is 3.60. The van der Waals surface area contributed by atoms with Gasteiger partial charge in [-0.2, -0.15) is 0 Å². The Morgan fingerprint density at radius 3 is 2.79 bits per heavy atom. The van der Waals surface area contributed by atoms with E-state index in [-0.39, 0.29) is 11.8 Å². The zero-order valence-electron chi connectivity index (χ0n) is 12.9. The second-order valence-electron chi connectivity index (χ2n) is 5.44. The molecule has 1 fully saturated rings. The number of quaternary nitrogens is 1. The van der Waals surface area contributed by atoms with Crippen LogP contribution in [0.4, 0.5) is 5.88 Å². The molecule has 0 spiro atoms. The van der Waals surface area contributed by atoms with Crippen LogP contribution in [0.3, 0.4) is 0 Å². The topological polar surface area (TPSA) is 99.0 Å². The van der Waals surface area contributed by atoms with Crippen molar-refractivity contribution in [3.8, 4) is 0 Å². The van der Waals surface area contributed by atoms with Crippen LogP contribution in [-0.4, -0.2) is 43.7 Å². The minimum atomic E-state index is -0.664. The Bertz CT molecular complexity index is 694. The van der Waals surface area contributed by atoms with E-state index in [1.165, 1.54) is 21.9 Å². The van der Waals surface area contributed by atoms with E-state index in [0.29, 0.717) is 19.8 Å². The Balaban J connectivity index is 1.66. The molecule has 2 aromatic heterocycles. The highest BCUT2D eigenvalue weighted by Crippen LogP contribution is 2.18. The van der Waals surface area contributed by atoms with Crippen molar-refractivity contribution in [1.29, 1.82) is 0 Å². The SMILES string of the molecule is O=C(NC[C@@H](c1cccs1)[NH+]1CCOCC1)c1ccc([N+](=O)[O-])o1. The zero-order chi connectivity index (χ0) is 16.9. The van der Waals surface area contributed by atoms with E-state index in [2.05, 4.69) is 11.4 Å². The summed E-state index contributed by atoms with van der Waals surface area (Å²) in [5, 5.41) is 15.5. The number of thiophene rings is 1. The Labute approximate surface area is 142 Å². The fourth-order valence-corrected chi connectivity index (χ4v) is 3.63. The molecular weight excluding hydrogens is 334 g/mol. The number of carbonyl (C=O) groups excluding carboxylic acids is 1. The van der Waals surface area contributed by atoms with E-state index in [0.717, 1.165) is 13.1 Å². The number of amides is 1. The van der Waals surface area contributed by atoms with Gasteiger partial charge < -0.3 is 19.4 Å². The van der Waals surface area contributed by atoms with Gasteiger partial charge in [-0.05, 0) is 17.5 Å². The van der Waals surface area contributed by atoms with E-state index >= 15 is 0 Å². The van der Waals surface area contributed by atoms with Crippen molar-refractivity contribution in [2.75, 3.05) is 32.8 Å². The molecule has 2 N–H and O–H groups in total. The summed E-state index contributed by atoms with van der Waals surface area (Å²) < 4.78 is 10.3. The molecule has 0 aliphatic carbocycles. The van der Waals surface area contributed by atoms with Crippen LogP contribution in [-0.2, 0) is 4.74 Å². The van der Waals surface area contributed by atoms with E-state index in [9.17, 15) is 14.9 Å². The number of furan rings is 1. The lowest BCUT2D eigenvalue weighted by Gasteiger charge is -2.31. The van der Waals surface area contributed by atoms with Crippen LogP contribution in [0.25, 0.3) is 0 Å². The highest BCUT2D eigenvalue weighted by atomic mass is 32.1. The molecule has 24 heavy (non-hydrogen) atoms. The maximum atomic E-state index is 12.2. The summed E-state index contributed by atoms with van der Waals surface area (Å²) in [5.74, 6) is -0.935. The minimum Gasteiger partial charge on any atom is -0.395 e. The van der Waals surface area contributed by atoms with Gasteiger partial charge in [0.1, 0.15) is 24.1 Å². The standard InChI is InChI=1S/C15H17N3O5S/c19-15(12-3-4-14(23-12)18(20)21)16-10-11(13-2-1-9-24-13)17-5-7-22-8-6-17/h1-4,9,11H,5-8,10H2,(H,16,19)/p+1/t11-/m0/s1. The lowest BCUT2D eigenvalue weighted by atomic mass is 10.2. The summed E-state index contributed by atoms with van der Waals surface area (Å²) in [7, 11) is 0. The van der Waals surface area contributed by atoms with Gasteiger partial charge in [0.15, 0.2) is 5.76 Å². The van der Waals surface area contributed by atoms with Gasteiger partial charge in [0.25, 0.3) is 5.91 Å². The highest BCUT2D eigenvalue weighted by Gasteiger charge is 2.28. The summed E-state index contributed by atoms with van der Waals surface area (Å²) in [6, 6.07) is 6.67. The number of hydrogen-bond acceptors (Lipinski definition) is 6. The predicted octanol–water partition coefficient (Wildman–Crippen LogP) is 0.636. The molecule has 128 valence electrons. The first kappa shape index (κ1) is 16.6. The first-order valence-electron chi connectivity index (χ1n) is 7.63. The molecule has 9 heteroatoms. The predicted molar refractivity (Wildman–Crippen MR) is 86.3 cm³/mol. The summed E-state index contributed by atoms with van der Waals surface area (Å²) >= 11 is 1.65. The minimum absolute atomic E-state index is 0.0522. The number of nitrogens with zero attached hydrogens (tertiary/aromatic N) is 1. The third-order valence-corrected chi connectivity index (χ3v) is 4.96. The average molecular weight is 352 g/mol. The molecule has 0 aromatic carbocycles. The maximum Gasteiger partial charge on any atom is 0.433 e. The molecule has 2 aromatic rings. The van der Waals surface area contributed by atoms with Crippen LogP contribution in [0.5, 0.6) is 0 Å². The lowest BCUT2D eigenvalue weighted by Crippen LogP contribution is -3.15. The van der Waals surface area contributed by atoms with Gasteiger partial charge in [0.2, 0.25) is 0 Å². The summed E-state index contributed by atoms with van der Waals surface area (Å²) in [4.78, 5) is 24.7. The molecule has 1 amide bonds. The molecule has 8 nitrogen and oxygen atoms in total. The number of ether oxygens (including phenoxy) is 1. The maximum absolute atomic E-state index is 12.2. The Morgan fingerprint density at radius 1 is 1.38 bits per heavy atom. The number of nitro groups is 1. The molecular formula is C15H18N3O5S+. The van der Waals surface area contributed by atoms with Crippen molar-refractivity contribution in [2.45, 2.75) is 6.04 Å². The van der Waals surface area contributed by atoms with E-state index in [4.69, 9.17) is 9.15 Å². The van der Waals surface area contributed by atoms with Crippen LogP contribution in [0.15, 0.2) is 34.1 Å². The van der Waals surface area contributed by atoms with Crippen molar-refractivity contribution >= 4 is 23.1 Å². The van der Waals surface area contributed by atoms with E-state index in [1.807, 2.05) is 11.4 Å². The van der Waals surface area contributed by atoms with Crippen molar-refractivity contribution < 1.29 is 23.8 Å². The van der Waals surface area contributed by atoms with Crippen LogP contribution in [0, 0.1) is 10.1 Å². The molecule has 1 aliphatic rings. The smallest absolute Gasteiger partial charge is 0.395 e. The van der Waals surface area contributed by atoms with Crippen molar-refractivity contribution in [3.63, 3.8) is 0 Å². The van der Waals surface area contributed by atoms with Crippen molar-refractivity contribution in [2.24, 2.45) is 0 Å². The van der Waals surface area contributed by atoms with Gasteiger partial charge in [-0.3, -0.25) is 14.9 Å². The lowest BCUT2D eigenvalue weighted by molar-refractivity contribution is -0.937. The molecule has 3 heterocycles. The van der Waals surface area contributed by atoms with Gasteiger partial charge in [-0.15, -0.1) is 11.3 Å². The Morgan fingerprint density at radius 2 is 2.17 bits per heavy atom.